The summed E-state index contributed by atoms with van der Waals surface area (Å²) in [5.74, 6) is -1.46. The lowest BCUT2D eigenvalue weighted by Crippen LogP contribution is -2.27. The molecule has 0 aliphatic rings. The summed E-state index contributed by atoms with van der Waals surface area (Å²) in [5, 5.41) is 11.1. The predicted octanol–water partition coefficient (Wildman–Crippen LogP) is 5.03. The monoisotopic (exact) mass is 373 g/mol. The third kappa shape index (κ3) is 8.87. The van der Waals surface area contributed by atoms with E-state index in [1.807, 2.05) is 0 Å². The van der Waals surface area contributed by atoms with Crippen LogP contribution in [0.4, 0.5) is 13.2 Å². The van der Waals surface area contributed by atoms with Gasteiger partial charge in [-0.2, -0.15) is 13.2 Å². The number of rotatable bonds is 12. The zero-order valence-electron chi connectivity index (χ0n) is 14.8. The standard InChI is InChI=1S/C19H26F3NO3/c20-19(21,22)16-12-9-8-11-15(16)18(26)23-14-10-6-4-2-1-3-5-7-13-17(24)25/h8-9,11-12H,1-7,10,13-14H2,(H,23,26)(H,24,25). The molecular formula is C19H26F3NO3. The molecular weight excluding hydrogens is 347 g/mol. The van der Waals surface area contributed by atoms with E-state index in [0.29, 0.717) is 13.0 Å². The quantitative estimate of drug-likeness (QED) is 0.505. The van der Waals surface area contributed by atoms with Gasteiger partial charge in [-0.05, 0) is 25.0 Å². The molecule has 0 radical (unpaired) electrons. The number of halogens is 3. The van der Waals surface area contributed by atoms with Crippen LogP contribution >= 0.6 is 0 Å². The van der Waals surface area contributed by atoms with Gasteiger partial charge in [0.15, 0.2) is 0 Å². The summed E-state index contributed by atoms with van der Waals surface area (Å²) in [6, 6.07) is 4.77. The largest absolute Gasteiger partial charge is 0.481 e. The maximum absolute atomic E-state index is 12.9. The molecule has 0 aromatic heterocycles. The first-order valence-corrected chi connectivity index (χ1v) is 8.98. The molecule has 1 rings (SSSR count). The lowest BCUT2D eigenvalue weighted by Gasteiger charge is -2.12. The molecule has 0 bridgehead atoms. The van der Waals surface area contributed by atoms with Gasteiger partial charge < -0.3 is 10.4 Å². The summed E-state index contributed by atoms with van der Waals surface area (Å²) in [4.78, 5) is 22.3. The van der Waals surface area contributed by atoms with Crippen molar-refractivity contribution in [2.45, 2.75) is 64.0 Å². The number of hydrogen-bond acceptors (Lipinski definition) is 2. The summed E-state index contributed by atoms with van der Waals surface area (Å²) in [5.41, 5.74) is -1.26. The van der Waals surface area contributed by atoms with Crippen molar-refractivity contribution >= 4 is 11.9 Å². The van der Waals surface area contributed by atoms with Crippen LogP contribution in [0.3, 0.4) is 0 Å². The molecule has 0 atom stereocenters. The van der Waals surface area contributed by atoms with Crippen molar-refractivity contribution in [3.8, 4) is 0 Å². The van der Waals surface area contributed by atoms with Crippen molar-refractivity contribution in [1.29, 1.82) is 0 Å². The van der Waals surface area contributed by atoms with Crippen LogP contribution < -0.4 is 5.32 Å². The molecule has 0 saturated heterocycles. The zero-order valence-corrected chi connectivity index (χ0v) is 14.8. The first-order chi connectivity index (χ1) is 12.3. The smallest absolute Gasteiger partial charge is 0.417 e. The van der Waals surface area contributed by atoms with Gasteiger partial charge in [0.25, 0.3) is 5.91 Å². The Balaban J connectivity index is 2.14. The average Bonchev–Trinajstić information content (AvgIpc) is 2.58. The molecule has 1 aromatic rings. The molecule has 0 spiro atoms. The van der Waals surface area contributed by atoms with Gasteiger partial charge in [-0.1, -0.05) is 50.7 Å². The Morgan fingerprint density at radius 1 is 0.885 bits per heavy atom. The third-order valence-corrected chi connectivity index (χ3v) is 4.08. The summed E-state index contributed by atoms with van der Waals surface area (Å²) < 4.78 is 38.6. The molecule has 0 aliphatic heterocycles. The summed E-state index contributed by atoms with van der Waals surface area (Å²) >= 11 is 0. The second kappa shape index (κ2) is 11.5. The summed E-state index contributed by atoms with van der Waals surface area (Å²) in [7, 11) is 0. The highest BCUT2D eigenvalue weighted by Crippen LogP contribution is 2.31. The van der Waals surface area contributed by atoms with E-state index in [2.05, 4.69) is 5.32 Å². The number of nitrogens with one attached hydrogen (secondary N) is 1. The van der Waals surface area contributed by atoms with E-state index in [9.17, 15) is 22.8 Å². The van der Waals surface area contributed by atoms with Gasteiger partial charge in [0.2, 0.25) is 0 Å². The fourth-order valence-corrected chi connectivity index (χ4v) is 2.69. The van der Waals surface area contributed by atoms with Crippen LogP contribution in [0.1, 0.15) is 73.7 Å². The van der Waals surface area contributed by atoms with Crippen molar-refractivity contribution < 1.29 is 27.9 Å². The van der Waals surface area contributed by atoms with E-state index in [1.54, 1.807) is 0 Å². The van der Waals surface area contributed by atoms with E-state index >= 15 is 0 Å². The van der Waals surface area contributed by atoms with Crippen LogP contribution in [0.15, 0.2) is 24.3 Å². The second-order valence-electron chi connectivity index (χ2n) is 6.27. The van der Waals surface area contributed by atoms with Gasteiger partial charge in [0, 0.05) is 13.0 Å². The highest BCUT2D eigenvalue weighted by Gasteiger charge is 2.34. The lowest BCUT2D eigenvalue weighted by atomic mass is 10.1. The van der Waals surface area contributed by atoms with Crippen molar-refractivity contribution in [3.05, 3.63) is 35.4 Å². The topological polar surface area (TPSA) is 66.4 Å². The Morgan fingerprint density at radius 2 is 1.42 bits per heavy atom. The Labute approximate surface area is 151 Å². The molecule has 146 valence electrons. The maximum atomic E-state index is 12.9. The van der Waals surface area contributed by atoms with Crippen LogP contribution in [0.25, 0.3) is 0 Å². The minimum atomic E-state index is -4.54. The number of alkyl halides is 3. The molecule has 1 aromatic carbocycles. The first-order valence-electron chi connectivity index (χ1n) is 8.98. The Kier molecular flexibility index (Phi) is 9.76. The molecule has 0 aliphatic carbocycles. The number of carboxylic acid groups (broad SMARTS) is 1. The molecule has 0 unspecified atom stereocenters. The zero-order chi connectivity index (χ0) is 19.4. The molecule has 0 fully saturated rings. The molecule has 4 nitrogen and oxygen atoms in total. The minimum absolute atomic E-state index is 0.219. The van der Waals surface area contributed by atoms with Crippen molar-refractivity contribution in [2.75, 3.05) is 6.54 Å². The maximum Gasteiger partial charge on any atom is 0.417 e. The van der Waals surface area contributed by atoms with E-state index in [1.165, 1.54) is 18.2 Å². The second-order valence-corrected chi connectivity index (χ2v) is 6.27. The van der Waals surface area contributed by atoms with E-state index in [0.717, 1.165) is 51.0 Å². The highest BCUT2D eigenvalue weighted by atomic mass is 19.4. The Morgan fingerprint density at radius 3 is 2.00 bits per heavy atom. The minimum Gasteiger partial charge on any atom is -0.481 e. The first kappa shape index (κ1) is 22.0. The number of carbonyl (C=O) groups excluding carboxylic acids is 1. The van der Waals surface area contributed by atoms with Gasteiger partial charge in [-0.25, -0.2) is 0 Å². The van der Waals surface area contributed by atoms with E-state index < -0.39 is 23.6 Å². The number of amides is 1. The van der Waals surface area contributed by atoms with Crippen LogP contribution in [0, 0.1) is 0 Å². The van der Waals surface area contributed by atoms with Crippen molar-refractivity contribution in [2.24, 2.45) is 0 Å². The van der Waals surface area contributed by atoms with Gasteiger partial charge in [-0.15, -0.1) is 0 Å². The van der Waals surface area contributed by atoms with Gasteiger partial charge in [0.1, 0.15) is 0 Å². The predicted molar refractivity (Wildman–Crippen MR) is 93.0 cm³/mol. The van der Waals surface area contributed by atoms with Crippen LogP contribution in [0.5, 0.6) is 0 Å². The number of benzene rings is 1. The van der Waals surface area contributed by atoms with Crippen molar-refractivity contribution in [3.63, 3.8) is 0 Å². The number of hydrogen-bond donors (Lipinski definition) is 2. The average molecular weight is 373 g/mol. The fraction of sp³-hybridized carbons (Fsp3) is 0.579. The van der Waals surface area contributed by atoms with Gasteiger partial charge in [0.05, 0.1) is 11.1 Å². The van der Waals surface area contributed by atoms with Crippen LogP contribution in [0.2, 0.25) is 0 Å². The van der Waals surface area contributed by atoms with Crippen LogP contribution in [-0.4, -0.2) is 23.5 Å². The SMILES string of the molecule is O=C(O)CCCCCCCCCCNC(=O)c1ccccc1C(F)(F)F. The number of unbranched alkanes of at least 4 members (excludes halogenated alkanes) is 7. The van der Waals surface area contributed by atoms with Crippen molar-refractivity contribution in [1.82, 2.24) is 5.32 Å². The normalized spacial score (nSPS) is 11.3. The van der Waals surface area contributed by atoms with Gasteiger partial charge in [-0.3, -0.25) is 9.59 Å². The lowest BCUT2D eigenvalue weighted by molar-refractivity contribution is -0.138. The molecule has 0 saturated carbocycles. The third-order valence-electron chi connectivity index (χ3n) is 4.08. The van der Waals surface area contributed by atoms with E-state index in [-0.39, 0.29) is 12.0 Å². The molecule has 2 N–H and O–H groups in total. The number of carboxylic acids is 1. The van der Waals surface area contributed by atoms with E-state index in [4.69, 9.17) is 5.11 Å². The molecule has 0 heterocycles. The summed E-state index contributed by atoms with van der Waals surface area (Å²) in [6.07, 6.45) is 3.02. The Bertz CT molecular complexity index is 573. The van der Waals surface area contributed by atoms with Gasteiger partial charge >= 0.3 is 12.1 Å². The molecule has 26 heavy (non-hydrogen) atoms. The number of carbonyl (C=O) groups is 2. The molecule has 1 amide bonds. The fourth-order valence-electron chi connectivity index (χ4n) is 2.69. The molecule has 7 heteroatoms. The summed E-state index contributed by atoms with van der Waals surface area (Å²) in [6.45, 7) is 0.351. The highest BCUT2D eigenvalue weighted by molar-refractivity contribution is 5.95. The Hall–Kier alpha value is -2.05. The number of aliphatic carboxylic acids is 1. The van der Waals surface area contributed by atoms with Crippen LogP contribution in [-0.2, 0) is 11.0 Å².